The van der Waals surface area contributed by atoms with Crippen molar-refractivity contribution >= 4 is 0 Å². The maximum Gasteiger partial charge on any atom is 0.123 e. The number of halogens is 2. The zero-order valence-corrected chi connectivity index (χ0v) is 11.1. The second-order valence-electron chi connectivity index (χ2n) is 4.60. The maximum atomic E-state index is 13.5. The first-order chi connectivity index (χ1) is 9.10. The predicted octanol–water partition coefficient (Wildman–Crippen LogP) is 3.97. The molecule has 0 radical (unpaired) electrons. The highest BCUT2D eigenvalue weighted by Gasteiger charge is 2.14. The van der Waals surface area contributed by atoms with Crippen molar-refractivity contribution in [1.29, 1.82) is 0 Å². The number of hydrogen-bond donors (Lipinski definition) is 1. The van der Waals surface area contributed by atoms with Gasteiger partial charge in [-0.15, -0.1) is 0 Å². The number of nitrogens with one attached hydrogen (secondary N) is 1. The van der Waals surface area contributed by atoms with Gasteiger partial charge in [-0.25, -0.2) is 8.78 Å². The third kappa shape index (κ3) is 3.38. The third-order valence-electron chi connectivity index (χ3n) is 3.01. The molecule has 0 bridgehead atoms. The molecule has 0 spiro atoms. The molecule has 19 heavy (non-hydrogen) atoms. The van der Waals surface area contributed by atoms with Crippen LogP contribution in [0.3, 0.4) is 0 Å². The van der Waals surface area contributed by atoms with Gasteiger partial charge >= 0.3 is 0 Å². The van der Waals surface area contributed by atoms with Gasteiger partial charge in [-0.1, -0.05) is 25.1 Å². The maximum absolute atomic E-state index is 13.5. The van der Waals surface area contributed by atoms with Gasteiger partial charge in [0, 0.05) is 0 Å². The summed E-state index contributed by atoms with van der Waals surface area (Å²) in [5.41, 5.74) is 2.65. The molecule has 2 aromatic carbocycles. The SMILES string of the molecule is CCNC(c1ccc(F)cc1)c1cc(C)cc(F)c1. The van der Waals surface area contributed by atoms with Gasteiger partial charge in [0.05, 0.1) is 6.04 Å². The van der Waals surface area contributed by atoms with Crippen LogP contribution >= 0.6 is 0 Å². The standard InChI is InChI=1S/C16H17F2N/c1-3-19-16(12-4-6-14(17)7-5-12)13-8-11(2)9-15(18)10-13/h4-10,16,19H,3H2,1-2H3. The van der Waals surface area contributed by atoms with Crippen molar-refractivity contribution in [2.45, 2.75) is 19.9 Å². The van der Waals surface area contributed by atoms with E-state index < -0.39 is 0 Å². The Morgan fingerprint density at radius 1 is 0.947 bits per heavy atom. The van der Waals surface area contributed by atoms with Crippen LogP contribution in [0.15, 0.2) is 42.5 Å². The molecule has 0 heterocycles. The lowest BCUT2D eigenvalue weighted by Crippen LogP contribution is -2.22. The highest BCUT2D eigenvalue weighted by Crippen LogP contribution is 2.24. The normalized spacial score (nSPS) is 12.4. The Morgan fingerprint density at radius 2 is 1.63 bits per heavy atom. The van der Waals surface area contributed by atoms with Gasteiger partial charge in [0.25, 0.3) is 0 Å². The molecule has 0 aliphatic carbocycles. The molecule has 0 fully saturated rings. The molecular weight excluding hydrogens is 244 g/mol. The van der Waals surface area contributed by atoms with Gasteiger partial charge in [0.2, 0.25) is 0 Å². The molecule has 3 heteroatoms. The van der Waals surface area contributed by atoms with E-state index in [-0.39, 0.29) is 17.7 Å². The molecule has 0 aliphatic rings. The largest absolute Gasteiger partial charge is 0.307 e. The predicted molar refractivity (Wildman–Crippen MR) is 73.1 cm³/mol. The van der Waals surface area contributed by atoms with Crippen LogP contribution in [0.5, 0.6) is 0 Å². The van der Waals surface area contributed by atoms with Gasteiger partial charge in [-0.3, -0.25) is 0 Å². The van der Waals surface area contributed by atoms with E-state index in [1.165, 1.54) is 24.3 Å². The quantitative estimate of drug-likeness (QED) is 0.878. The lowest BCUT2D eigenvalue weighted by Gasteiger charge is -2.19. The van der Waals surface area contributed by atoms with Crippen molar-refractivity contribution in [1.82, 2.24) is 5.32 Å². The second kappa shape index (κ2) is 5.93. The summed E-state index contributed by atoms with van der Waals surface area (Å²) in [6, 6.07) is 11.1. The van der Waals surface area contributed by atoms with E-state index in [2.05, 4.69) is 5.32 Å². The summed E-state index contributed by atoms with van der Waals surface area (Å²) >= 11 is 0. The molecule has 2 aromatic rings. The van der Waals surface area contributed by atoms with E-state index in [1.807, 2.05) is 19.9 Å². The van der Waals surface area contributed by atoms with Crippen LogP contribution in [0.2, 0.25) is 0 Å². The fourth-order valence-corrected chi connectivity index (χ4v) is 2.22. The van der Waals surface area contributed by atoms with Gasteiger partial charge in [0.1, 0.15) is 11.6 Å². The summed E-state index contributed by atoms with van der Waals surface area (Å²) in [4.78, 5) is 0. The molecule has 0 aliphatic heterocycles. The smallest absolute Gasteiger partial charge is 0.123 e. The molecule has 1 atom stereocenters. The van der Waals surface area contributed by atoms with Gasteiger partial charge in [-0.2, -0.15) is 0 Å². The molecule has 0 aromatic heterocycles. The topological polar surface area (TPSA) is 12.0 Å². The van der Waals surface area contributed by atoms with E-state index in [0.717, 1.165) is 23.2 Å². The molecule has 1 N–H and O–H groups in total. The van der Waals surface area contributed by atoms with Crippen molar-refractivity contribution in [2.75, 3.05) is 6.54 Å². The first-order valence-corrected chi connectivity index (χ1v) is 6.36. The first-order valence-electron chi connectivity index (χ1n) is 6.36. The van der Waals surface area contributed by atoms with E-state index in [4.69, 9.17) is 0 Å². The van der Waals surface area contributed by atoms with Crippen LogP contribution in [0.1, 0.15) is 29.7 Å². The second-order valence-corrected chi connectivity index (χ2v) is 4.60. The number of hydrogen-bond acceptors (Lipinski definition) is 1. The van der Waals surface area contributed by atoms with Crippen LogP contribution in [-0.4, -0.2) is 6.54 Å². The molecule has 0 saturated carbocycles. The highest BCUT2D eigenvalue weighted by atomic mass is 19.1. The fourth-order valence-electron chi connectivity index (χ4n) is 2.22. The van der Waals surface area contributed by atoms with Crippen molar-refractivity contribution in [2.24, 2.45) is 0 Å². The molecule has 100 valence electrons. The Labute approximate surface area is 112 Å². The summed E-state index contributed by atoms with van der Waals surface area (Å²) in [7, 11) is 0. The Morgan fingerprint density at radius 3 is 2.21 bits per heavy atom. The minimum absolute atomic E-state index is 0.125. The van der Waals surface area contributed by atoms with Crippen LogP contribution in [0.4, 0.5) is 8.78 Å². The third-order valence-corrected chi connectivity index (χ3v) is 3.01. The monoisotopic (exact) mass is 261 g/mol. The lowest BCUT2D eigenvalue weighted by molar-refractivity contribution is 0.598. The van der Waals surface area contributed by atoms with E-state index in [1.54, 1.807) is 12.1 Å². The molecule has 0 saturated heterocycles. The van der Waals surface area contributed by atoms with Crippen LogP contribution in [-0.2, 0) is 0 Å². The van der Waals surface area contributed by atoms with Gasteiger partial charge in [0.15, 0.2) is 0 Å². The van der Waals surface area contributed by atoms with Gasteiger partial charge < -0.3 is 5.32 Å². The summed E-state index contributed by atoms with van der Waals surface area (Å²) in [5.74, 6) is -0.519. The van der Waals surface area contributed by atoms with Gasteiger partial charge in [-0.05, 0) is 54.4 Å². The Hall–Kier alpha value is -1.74. The number of aryl methyl sites for hydroxylation is 1. The Bertz CT molecular complexity index is 529. The highest BCUT2D eigenvalue weighted by molar-refractivity contribution is 5.34. The zero-order chi connectivity index (χ0) is 13.8. The molecule has 2 rings (SSSR count). The fraction of sp³-hybridized carbons (Fsp3) is 0.250. The van der Waals surface area contributed by atoms with Crippen molar-refractivity contribution in [3.05, 3.63) is 70.8 Å². The summed E-state index contributed by atoms with van der Waals surface area (Å²) in [6.45, 7) is 4.60. The van der Waals surface area contributed by atoms with E-state index in [9.17, 15) is 8.78 Å². The molecule has 0 amide bonds. The molecular formula is C16H17F2N. The minimum Gasteiger partial charge on any atom is -0.307 e. The van der Waals surface area contributed by atoms with Crippen LogP contribution < -0.4 is 5.32 Å². The van der Waals surface area contributed by atoms with Crippen molar-refractivity contribution in [3.63, 3.8) is 0 Å². The van der Waals surface area contributed by atoms with Crippen LogP contribution in [0.25, 0.3) is 0 Å². The Balaban J connectivity index is 2.41. The number of benzene rings is 2. The average Bonchev–Trinajstić information content (AvgIpc) is 2.36. The molecule has 1 nitrogen and oxygen atoms in total. The number of rotatable bonds is 4. The summed E-state index contributed by atoms with van der Waals surface area (Å²) in [5, 5.41) is 3.30. The average molecular weight is 261 g/mol. The Kier molecular flexibility index (Phi) is 4.27. The minimum atomic E-state index is -0.269. The van der Waals surface area contributed by atoms with Crippen molar-refractivity contribution < 1.29 is 8.78 Å². The zero-order valence-electron chi connectivity index (χ0n) is 11.1. The van der Waals surface area contributed by atoms with Crippen LogP contribution in [0, 0.1) is 18.6 Å². The van der Waals surface area contributed by atoms with Crippen molar-refractivity contribution in [3.8, 4) is 0 Å². The summed E-state index contributed by atoms with van der Waals surface area (Å²) in [6.07, 6.45) is 0. The van der Waals surface area contributed by atoms with E-state index >= 15 is 0 Å². The lowest BCUT2D eigenvalue weighted by atomic mass is 9.97. The van der Waals surface area contributed by atoms with E-state index in [0.29, 0.717) is 0 Å². The summed E-state index contributed by atoms with van der Waals surface area (Å²) < 4.78 is 26.5. The first kappa shape index (κ1) is 13.7. The molecule has 1 unspecified atom stereocenters.